The molecule has 0 bridgehead atoms. The number of hydrogen-bond donors (Lipinski definition) is 1. The van der Waals surface area contributed by atoms with Gasteiger partial charge in [-0.3, -0.25) is 4.79 Å². The Labute approximate surface area is 181 Å². The molecule has 0 spiro atoms. The van der Waals surface area contributed by atoms with E-state index >= 15 is 0 Å². The first kappa shape index (κ1) is 21.0. The predicted octanol–water partition coefficient (Wildman–Crippen LogP) is 4.77. The molecule has 31 heavy (non-hydrogen) atoms. The lowest BCUT2D eigenvalue weighted by molar-refractivity contribution is -0.154. The summed E-state index contributed by atoms with van der Waals surface area (Å²) >= 11 is 0. The summed E-state index contributed by atoms with van der Waals surface area (Å²) in [5.41, 5.74) is 1.94. The highest BCUT2D eigenvalue weighted by molar-refractivity contribution is 5.92. The molecule has 2 heterocycles. The van der Waals surface area contributed by atoms with Crippen LogP contribution < -0.4 is 5.32 Å². The number of esters is 1. The molecular weight excluding hydrogens is 394 g/mol. The van der Waals surface area contributed by atoms with E-state index in [1.54, 1.807) is 19.5 Å². The lowest BCUT2D eigenvalue weighted by atomic mass is 9.90. The molecular formula is C25H27NO5. The van der Waals surface area contributed by atoms with Crippen LogP contribution in [-0.4, -0.2) is 24.0 Å². The fourth-order valence-corrected chi connectivity index (χ4v) is 3.96. The van der Waals surface area contributed by atoms with E-state index in [-0.39, 0.29) is 12.5 Å². The molecule has 1 aliphatic rings. The van der Waals surface area contributed by atoms with Crippen molar-refractivity contribution < 1.29 is 23.2 Å². The molecule has 4 rings (SSSR count). The molecule has 1 N–H and O–H groups in total. The zero-order valence-corrected chi connectivity index (χ0v) is 18.3. The van der Waals surface area contributed by atoms with Gasteiger partial charge in [0, 0.05) is 29.4 Å². The Bertz CT molecular complexity index is 1020. The molecule has 162 valence electrons. The molecule has 0 atom stereocenters. The molecule has 0 radical (unpaired) electrons. The number of furan rings is 2. The summed E-state index contributed by atoms with van der Waals surface area (Å²) in [5, 5.41) is 3.01. The molecule has 2 aromatic heterocycles. The topological polar surface area (TPSA) is 81.7 Å². The van der Waals surface area contributed by atoms with Crippen LogP contribution >= 0.6 is 0 Å². The standard InChI is InChI=1S/C25H27NO5/c1-5-29-23(28)25(26-22(27)24(2,3)4)14-16-12-18(20-8-6-10-30-20)19(13-17(16)15-25)21-9-7-11-31-21/h6-13H,5,14-15H2,1-4H3,(H,26,27). The molecule has 1 amide bonds. The van der Waals surface area contributed by atoms with Crippen molar-refractivity contribution in [1.82, 2.24) is 5.32 Å². The van der Waals surface area contributed by atoms with Crippen LogP contribution in [0.2, 0.25) is 0 Å². The Morgan fingerprint density at radius 1 is 1.00 bits per heavy atom. The fraction of sp³-hybridized carbons (Fsp3) is 0.360. The van der Waals surface area contributed by atoms with Gasteiger partial charge in [0.05, 0.1) is 19.1 Å². The number of fused-ring (bicyclic) bond motifs is 1. The maximum absolute atomic E-state index is 13.1. The average Bonchev–Trinajstić information content (AvgIpc) is 3.46. The van der Waals surface area contributed by atoms with Crippen LogP contribution in [0, 0.1) is 5.41 Å². The second kappa shape index (κ2) is 7.76. The number of rotatable bonds is 5. The van der Waals surface area contributed by atoms with Crippen molar-refractivity contribution in [3.8, 4) is 22.6 Å². The summed E-state index contributed by atoms with van der Waals surface area (Å²) < 4.78 is 16.7. The third-order valence-corrected chi connectivity index (χ3v) is 5.60. The largest absolute Gasteiger partial charge is 0.464 e. The van der Waals surface area contributed by atoms with Crippen molar-refractivity contribution in [3.63, 3.8) is 0 Å². The van der Waals surface area contributed by atoms with Crippen LogP contribution in [0.5, 0.6) is 0 Å². The third-order valence-electron chi connectivity index (χ3n) is 5.60. The Morgan fingerprint density at radius 2 is 1.52 bits per heavy atom. The van der Waals surface area contributed by atoms with Crippen LogP contribution in [0.3, 0.4) is 0 Å². The lowest BCUT2D eigenvalue weighted by Gasteiger charge is -2.31. The third kappa shape index (κ3) is 3.90. The van der Waals surface area contributed by atoms with Gasteiger partial charge in [-0.15, -0.1) is 0 Å². The van der Waals surface area contributed by atoms with E-state index in [1.807, 2.05) is 57.2 Å². The number of benzene rings is 1. The van der Waals surface area contributed by atoms with Crippen LogP contribution in [0.25, 0.3) is 22.6 Å². The van der Waals surface area contributed by atoms with E-state index < -0.39 is 16.9 Å². The Hall–Kier alpha value is -3.28. The van der Waals surface area contributed by atoms with Gasteiger partial charge in [-0.1, -0.05) is 20.8 Å². The molecule has 3 aromatic rings. The molecule has 6 nitrogen and oxygen atoms in total. The Morgan fingerprint density at radius 3 is 1.90 bits per heavy atom. The molecule has 1 aromatic carbocycles. The summed E-state index contributed by atoms with van der Waals surface area (Å²) in [6.45, 7) is 7.49. The minimum Gasteiger partial charge on any atom is -0.464 e. The second-order valence-electron chi connectivity index (χ2n) is 8.98. The van der Waals surface area contributed by atoms with Crippen molar-refractivity contribution in [2.75, 3.05) is 6.61 Å². The van der Waals surface area contributed by atoms with Gasteiger partial charge < -0.3 is 18.9 Å². The molecule has 0 fully saturated rings. The van der Waals surface area contributed by atoms with E-state index in [2.05, 4.69) is 5.32 Å². The number of nitrogens with one attached hydrogen (secondary N) is 1. The highest BCUT2D eigenvalue weighted by Gasteiger charge is 2.48. The molecule has 0 aliphatic heterocycles. The number of hydrogen-bond acceptors (Lipinski definition) is 5. The minimum absolute atomic E-state index is 0.189. The summed E-state index contributed by atoms with van der Waals surface area (Å²) in [6, 6.07) is 11.5. The van der Waals surface area contributed by atoms with E-state index in [4.69, 9.17) is 13.6 Å². The van der Waals surface area contributed by atoms with Gasteiger partial charge in [0.2, 0.25) is 5.91 Å². The van der Waals surface area contributed by atoms with Gasteiger partial charge in [-0.05, 0) is 54.4 Å². The average molecular weight is 421 g/mol. The van der Waals surface area contributed by atoms with Gasteiger partial charge in [0.15, 0.2) is 0 Å². The second-order valence-corrected chi connectivity index (χ2v) is 8.98. The molecule has 0 unspecified atom stereocenters. The lowest BCUT2D eigenvalue weighted by Crippen LogP contribution is -2.58. The van der Waals surface area contributed by atoms with Crippen LogP contribution in [0.4, 0.5) is 0 Å². The van der Waals surface area contributed by atoms with Gasteiger partial charge in [-0.2, -0.15) is 0 Å². The van der Waals surface area contributed by atoms with Gasteiger partial charge in [-0.25, -0.2) is 4.79 Å². The normalized spacial score (nSPS) is 14.8. The summed E-state index contributed by atoms with van der Waals surface area (Å²) in [4.78, 5) is 25.9. The molecule has 0 saturated heterocycles. The predicted molar refractivity (Wildman–Crippen MR) is 116 cm³/mol. The quantitative estimate of drug-likeness (QED) is 0.600. The molecule has 0 saturated carbocycles. The maximum Gasteiger partial charge on any atom is 0.332 e. The van der Waals surface area contributed by atoms with Crippen LogP contribution in [0.15, 0.2) is 57.8 Å². The Kier molecular flexibility index (Phi) is 5.25. The molecule has 1 aliphatic carbocycles. The van der Waals surface area contributed by atoms with Crippen LogP contribution in [0.1, 0.15) is 38.8 Å². The summed E-state index contributed by atoms with van der Waals surface area (Å²) in [6.07, 6.45) is 3.96. The molecule has 6 heteroatoms. The first-order valence-corrected chi connectivity index (χ1v) is 10.5. The van der Waals surface area contributed by atoms with E-state index in [9.17, 15) is 9.59 Å². The van der Waals surface area contributed by atoms with E-state index in [0.717, 1.165) is 22.3 Å². The fourth-order valence-electron chi connectivity index (χ4n) is 3.96. The van der Waals surface area contributed by atoms with Crippen molar-refractivity contribution in [1.29, 1.82) is 0 Å². The smallest absolute Gasteiger partial charge is 0.332 e. The van der Waals surface area contributed by atoms with Gasteiger partial charge in [0.25, 0.3) is 0 Å². The van der Waals surface area contributed by atoms with Gasteiger partial charge in [0.1, 0.15) is 17.1 Å². The van der Waals surface area contributed by atoms with Crippen LogP contribution in [-0.2, 0) is 27.2 Å². The van der Waals surface area contributed by atoms with Crippen molar-refractivity contribution in [3.05, 3.63) is 60.1 Å². The Balaban J connectivity index is 1.80. The number of amides is 1. The minimum atomic E-state index is -1.13. The number of carbonyl (C=O) groups is 2. The highest BCUT2D eigenvalue weighted by atomic mass is 16.5. The zero-order valence-electron chi connectivity index (χ0n) is 18.3. The van der Waals surface area contributed by atoms with E-state index in [0.29, 0.717) is 24.4 Å². The maximum atomic E-state index is 13.1. The van der Waals surface area contributed by atoms with Gasteiger partial charge >= 0.3 is 5.97 Å². The first-order valence-electron chi connectivity index (χ1n) is 10.5. The van der Waals surface area contributed by atoms with E-state index in [1.165, 1.54) is 0 Å². The van der Waals surface area contributed by atoms with Crippen molar-refractivity contribution in [2.24, 2.45) is 5.41 Å². The summed E-state index contributed by atoms with van der Waals surface area (Å²) in [5.74, 6) is 0.817. The SMILES string of the molecule is CCOC(=O)C1(NC(=O)C(C)(C)C)Cc2cc(-c3ccco3)c(-c3ccco3)cc2C1. The number of carbonyl (C=O) groups excluding carboxylic acids is 2. The first-order chi connectivity index (χ1) is 14.7. The zero-order chi connectivity index (χ0) is 22.2. The highest BCUT2D eigenvalue weighted by Crippen LogP contribution is 2.41. The van der Waals surface area contributed by atoms with Crippen molar-refractivity contribution >= 4 is 11.9 Å². The summed E-state index contributed by atoms with van der Waals surface area (Å²) in [7, 11) is 0. The van der Waals surface area contributed by atoms with Crippen molar-refractivity contribution in [2.45, 2.75) is 46.1 Å². The number of ether oxygens (including phenoxy) is 1. The monoisotopic (exact) mass is 421 g/mol.